The van der Waals surface area contributed by atoms with Crippen molar-refractivity contribution in [2.24, 2.45) is 0 Å². The highest BCUT2D eigenvalue weighted by Crippen LogP contribution is 2.29. The molecule has 0 aromatic heterocycles. The Kier molecular flexibility index (Phi) is 6.60. The van der Waals surface area contributed by atoms with Crippen LogP contribution in [-0.4, -0.2) is 29.8 Å². The molecule has 2 aromatic rings. The molecule has 7 heteroatoms. The van der Waals surface area contributed by atoms with Crippen molar-refractivity contribution < 1.29 is 22.8 Å². The number of nitrogens with zero attached hydrogens (tertiary/aromatic N) is 1. The summed E-state index contributed by atoms with van der Waals surface area (Å²) in [6.45, 7) is 4.34. The van der Waals surface area contributed by atoms with Crippen molar-refractivity contribution in [1.29, 1.82) is 0 Å². The summed E-state index contributed by atoms with van der Waals surface area (Å²) in [5.74, 6) is -0.608. The molecule has 1 N–H and O–H groups in total. The molecule has 27 heavy (non-hydrogen) atoms. The maximum atomic E-state index is 12.6. The van der Waals surface area contributed by atoms with Gasteiger partial charge in [-0.1, -0.05) is 29.8 Å². The van der Waals surface area contributed by atoms with Crippen molar-refractivity contribution >= 4 is 11.8 Å². The molecule has 0 unspecified atom stereocenters. The van der Waals surface area contributed by atoms with Crippen molar-refractivity contribution in [3.8, 4) is 0 Å². The zero-order valence-corrected chi connectivity index (χ0v) is 15.1. The first-order chi connectivity index (χ1) is 12.7. The topological polar surface area (TPSA) is 49.4 Å². The van der Waals surface area contributed by atoms with Crippen LogP contribution in [0.3, 0.4) is 0 Å². The van der Waals surface area contributed by atoms with E-state index in [2.05, 4.69) is 5.32 Å². The lowest BCUT2D eigenvalue weighted by atomic mass is 10.1. The second-order valence-electron chi connectivity index (χ2n) is 6.26. The Labute approximate surface area is 156 Å². The van der Waals surface area contributed by atoms with E-state index in [1.807, 2.05) is 31.2 Å². The number of alkyl halides is 3. The van der Waals surface area contributed by atoms with Crippen LogP contribution in [0.25, 0.3) is 0 Å². The van der Waals surface area contributed by atoms with Crippen molar-refractivity contribution in [1.82, 2.24) is 10.2 Å². The quantitative estimate of drug-likeness (QED) is 0.831. The van der Waals surface area contributed by atoms with Crippen LogP contribution in [0.2, 0.25) is 0 Å². The minimum atomic E-state index is -4.44. The zero-order chi connectivity index (χ0) is 20.0. The molecule has 2 rings (SSSR count). The van der Waals surface area contributed by atoms with Gasteiger partial charge in [-0.25, -0.2) is 0 Å². The van der Waals surface area contributed by atoms with Gasteiger partial charge in [0.05, 0.1) is 5.56 Å². The lowest BCUT2D eigenvalue weighted by molar-refractivity contribution is -0.137. The maximum absolute atomic E-state index is 12.6. The maximum Gasteiger partial charge on any atom is 0.416 e. The molecule has 0 fully saturated rings. The van der Waals surface area contributed by atoms with Crippen LogP contribution in [0.1, 0.15) is 34.0 Å². The summed E-state index contributed by atoms with van der Waals surface area (Å²) in [5.41, 5.74) is 1.40. The number of carbonyl (C=O) groups excluding carboxylic acids is 2. The number of rotatable bonds is 6. The molecule has 144 valence electrons. The highest BCUT2D eigenvalue weighted by Gasteiger charge is 2.30. The van der Waals surface area contributed by atoms with Crippen LogP contribution in [-0.2, 0) is 17.5 Å². The lowest BCUT2D eigenvalue weighted by Crippen LogP contribution is -2.37. The van der Waals surface area contributed by atoms with Crippen LogP contribution in [0, 0.1) is 6.92 Å². The molecule has 0 saturated heterocycles. The minimum Gasteiger partial charge on any atom is -0.350 e. The van der Waals surface area contributed by atoms with Gasteiger partial charge in [-0.05, 0) is 36.8 Å². The van der Waals surface area contributed by atoms with Gasteiger partial charge in [0.2, 0.25) is 5.91 Å². The molecule has 0 saturated carbocycles. The van der Waals surface area contributed by atoms with E-state index in [-0.39, 0.29) is 18.0 Å². The molecule has 0 atom stereocenters. The Morgan fingerprint density at radius 3 is 2.30 bits per heavy atom. The van der Waals surface area contributed by atoms with Gasteiger partial charge >= 0.3 is 6.18 Å². The van der Waals surface area contributed by atoms with Gasteiger partial charge in [0.1, 0.15) is 0 Å². The third kappa shape index (κ3) is 6.13. The van der Waals surface area contributed by atoms with E-state index >= 15 is 0 Å². The summed E-state index contributed by atoms with van der Waals surface area (Å²) in [6, 6.07) is 11.8. The average Bonchev–Trinajstić information content (AvgIpc) is 2.60. The summed E-state index contributed by atoms with van der Waals surface area (Å²) >= 11 is 0. The molecule has 0 aliphatic heterocycles. The number of amides is 2. The molecular formula is C20H21F3N2O2. The van der Waals surface area contributed by atoms with Crippen molar-refractivity contribution in [2.75, 3.05) is 13.1 Å². The van der Waals surface area contributed by atoms with Crippen LogP contribution < -0.4 is 5.32 Å². The van der Waals surface area contributed by atoms with E-state index in [1.54, 1.807) is 4.90 Å². The molecule has 0 spiro atoms. The summed E-state index contributed by atoms with van der Waals surface area (Å²) in [6.07, 6.45) is -4.44. The molecule has 0 bridgehead atoms. The van der Waals surface area contributed by atoms with Crippen LogP contribution in [0.4, 0.5) is 13.2 Å². The summed E-state index contributed by atoms with van der Waals surface area (Å²) in [4.78, 5) is 25.5. The Bertz CT molecular complexity index is 802. The second-order valence-corrected chi connectivity index (χ2v) is 6.26. The predicted octanol–water partition coefficient (Wildman–Crippen LogP) is 3.79. The number of hydrogen-bond donors (Lipinski definition) is 1. The van der Waals surface area contributed by atoms with Crippen LogP contribution in [0.5, 0.6) is 0 Å². The van der Waals surface area contributed by atoms with Crippen molar-refractivity contribution in [3.63, 3.8) is 0 Å². The second kappa shape index (κ2) is 8.70. The van der Waals surface area contributed by atoms with Crippen molar-refractivity contribution in [2.45, 2.75) is 26.6 Å². The SMILES string of the molecule is CC(=O)N(CCNC(=O)c1ccc(C(F)(F)F)cc1)Cc1cccc(C)c1. The molecule has 0 heterocycles. The van der Waals surface area contributed by atoms with Gasteiger partial charge in [0.25, 0.3) is 5.91 Å². The Morgan fingerprint density at radius 1 is 1.07 bits per heavy atom. The number of aryl methyl sites for hydroxylation is 1. The fourth-order valence-corrected chi connectivity index (χ4v) is 2.60. The largest absolute Gasteiger partial charge is 0.416 e. The molecule has 2 aromatic carbocycles. The van der Waals surface area contributed by atoms with E-state index in [4.69, 9.17) is 0 Å². The first-order valence-electron chi connectivity index (χ1n) is 8.43. The predicted molar refractivity (Wildman–Crippen MR) is 96.0 cm³/mol. The van der Waals surface area contributed by atoms with E-state index in [0.717, 1.165) is 35.4 Å². The molecule has 0 aliphatic carbocycles. The average molecular weight is 378 g/mol. The molecular weight excluding hydrogens is 357 g/mol. The fourth-order valence-electron chi connectivity index (χ4n) is 2.60. The number of benzene rings is 2. The molecule has 0 aliphatic rings. The standard InChI is InChI=1S/C20H21F3N2O2/c1-14-4-3-5-16(12-14)13-25(15(2)26)11-10-24-19(27)17-6-8-18(9-7-17)20(21,22)23/h3-9,12H,10-11,13H2,1-2H3,(H,24,27). The zero-order valence-electron chi connectivity index (χ0n) is 15.1. The molecule has 0 radical (unpaired) electrons. The molecule has 4 nitrogen and oxygen atoms in total. The Balaban J connectivity index is 1.90. The first kappa shape index (κ1) is 20.5. The normalized spacial score (nSPS) is 11.1. The highest BCUT2D eigenvalue weighted by atomic mass is 19.4. The third-order valence-corrected chi connectivity index (χ3v) is 4.04. The van der Waals surface area contributed by atoms with Crippen molar-refractivity contribution in [3.05, 3.63) is 70.8 Å². The highest BCUT2D eigenvalue weighted by molar-refractivity contribution is 5.94. The Morgan fingerprint density at radius 2 is 1.74 bits per heavy atom. The number of hydrogen-bond acceptors (Lipinski definition) is 2. The minimum absolute atomic E-state index is 0.125. The van der Waals surface area contributed by atoms with Crippen LogP contribution in [0.15, 0.2) is 48.5 Å². The van der Waals surface area contributed by atoms with Gasteiger partial charge in [0, 0.05) is 32.1 Å². The van der Waals surface area contributed by atoms with Crippen LogP contribution >= 0.6 is 0 Å². The summed E-state index contributed by atoms with van der Waals surface area (Å²) in [7, 11) is 0. The van der Waals surface area contributed by atoms with Gasteiger partial charge in [-0.2, -0.15) is 13.2 Å². The summed E-state index contributed by atoms with van der Waals surface area (Å²) < 4.78 is 37.7. The van der Waals surface area contributed by atoms with E-state index < -0.39 is 17.6 Å². The number of carbonyl (C=O) groups is 2. The molecule has 2 amide bonds. The fraction of sp³-hybridized carbons (Fsp3) is 0.300. The van der Waals surface area contributed by atoms with E-state index in [1.165, 1.54) is 6.92 Å². The third-order valence-electron chi connectivity index (χ3n) is 4.04. The Hall–Kier alpha value is -2.83. The van der Waals surface area contributed by atoms with Gasteiger partial charge < -0.3 is 10.2 Å². The van der Waals surface area contributed by atoms with Gasteiger partial charge in [-0.15, -0.1) is 0 Å². The number of nitrogens with one attached hydrogen (secondary N) is 1. The number of halogens is 3. The monoisotopic (exact) mass is 378 g/mol. The summed E-state index contributed by atoms with van der Waals surface area (Å²) in [5, 5.41) is 2.63. The van der Waals surface area contributed by atoms with E-state index in [9.17, 15) is 22.8 Å². The van der Waals surface area contributed by atoms with Gasteiger partial charge in [-0.3, -0.25) is 9.59 Å². The van der Waals surface area contributed by atoms with Gasteiger partial charge in [0.15, 0.2) is 0 Å². The first-order valence-corrected chi connectivity index (χ1v) is 8.43. The van der Waals surface area contributed by atoms with E-state index in [0.29, 0.717) is 13.1 Å². The smallest absolute Gasteiger partial charge is 0.350 e. The lowest BCUT2D eigenvalue weighted by Gasteiger charge is -2.21.